The smallest absolute Gasteiger partial charge is 0.200 e. The zero-order chi connectivity index (χ0) is 23.5. The molecule has 4 rings (SSSR count). The molecule has 1 saturated heterocycles. The van der Waals surface area contributed by atoms with E-state index >= 15 is 0 Å². The van der Waals surface area contributed by atoms with Crippen LogP contribution >= 0.6 is 11.8 Å². The maximum atomic E-state index is 14.1. The molecule has 1 atom stereocenters. The lowest BCUT2D eigenvalue weighted by Crippen LogP contribution is -2.09. The second-order valence-corrected chi connectivity index (χ2v) is 9.31. The van der Waals surface area contributed by atoms with Gasteiger partial charge in [0.1, 0.15) is 17.0 Å². The molecule has 33 heavy (non-hydrogen) atoms. The van der Waals surface area contributed by atoms with Crippen LogP contribution in [0.4, 0.5) is 4.39 Å². The SMILES string of the molecule is COc1cc(/C=C2/C(C)=C(CCC(=O)CC3OCCS3)c3cc(F)ccc32)cc(OC)c1O. The van der Waals surface area contributed by atoms with Crippen molar-refractivity contribution >= 4 is 34.8 Å². The first-order valence-corrected chi connectivity index (χ1v) is 11.9. The number of phenols is 1. The first-order valence-electron chi connectivity index (χ1n) is 10.8. The monoisotopic (exact) mass is 470 g/mol. The number of fused-ring (bicyclic) bond motifs is 1. The fourth-order valence-corrected chi connectivity index (χ4v) is 5.27. The Morgan fingerprint density at radius 2 is 1.94 bits per heavy atom. The molecule has 1 N–H and O–H groups in total. The van der Waals surface area contributed by atoms with Crippen molar-refractivity contribution < 1.29 is 28.5 Å². The fourth-order valence-electron chi connectivity index (χ4n) is 4.32. The molecule has 0 saturated carbocycles. The third-order valence-electron chi connectivity index (χ3n) is 6.01. The zero-order valence-electron chi connectivity index (χ0n) is 18.9. The van der Waals surface area contributed by atoms with Crippen LogP contribution in [0.1, 0.15) is 42.9 Å². The topological polar surface area (TPSA) is 65.0 Å². The number of rotatable bonds is 8. The predicted octanol–water partition coefficient (Wildman–Crippen LogP) is 5.71. The van der Waals surface area contributed by atoms with Crippen molar-refractivity contribution in [1.29, 1.82) is 0 Å². The van der Waals surface area contributed by atoms with E-state index in [4.69, 9.17) is 14.2 Å². The van der Waals surface area contributed by atoms with Crippen LogP contribution in [-0.2, 0) is 9.53 Å². The lowest BCUT2D eigenvalue weighted by molar-refractivity contribution is -0.120. The molecule has 0 bridgehead atoms. The van der Waals surface area contributed by atoms with Gasteiger partial charge in [0.15, 0.2) is 11.5 Å². The normalized spacial score (nSPS) is 18.7. The van der Waals surface area contributed by atoms with Gasteiger partial charge in [-0.05, 0) is 77.1 Å². The van der Waals surface area contributed by atoms with Crippen LogP contribution in [0.5, 0.6) is 17.2 Å². The standard InChI is InChI=1S/C26H27FO5S/c1-15-19(7-5-18(28)14-25-32-8-9-33-25)22-13-17(27)4-6-20(22)21(15)10-16-11-23(30-2)26(29)24(12-16)31-3/h4,6,10-13,25,29H,5,7-9,14H2,1-3H3/b21-10-. The van der Waals surface area contributed by atoms with E-state index in [9.17, 15) is 14.3 Å². The largest absolute Gasteiger partial charge is 0.502 e. The lowest BCUT2D eigenvalue weighted by atomic mass is 9.99. The van der Waals surface area contributed by atoms with Crippen molar-refractivity contribution in [3.63, 3.8) is 0 Å². The molecule has 2 aliphatic rings. The minimum atomic E-state index is -0.310. The Bertz CT molecular complexity index is 1110. The first-order chi connectivity index (χ1) is 15.9. The molecule has 1 unspecified atom stereocenters. The van der Waals surface area contributed by atoms with Crippen molar-refractivity contribution in [2.45, 2.75) is 31.6 Å². The van der Waals surface area contributed by atoms with Crippen molar-refractivity contribution in [3.8, 4) is 17.2 Å². The van der Waals surface area contributed by atoms with Gasteiger partial charge in [0.25, 0.3) is 0 Å². The van der Waals surface area contributed by atoms with Gasteiger partial charge < -0.3 is 19.3 Å². The van der Waals surface area contributed by atoms with E-state index in [2.05, 4.69) is 0 Å². The number of hydrogen-bond acceptors (Lipinski definition) is 6. The fraction of sp³-hybridized carbons (Fsp3) is 0.346. The average Bonchev–Trinajstić information content (AvgIpc) is 3.39. The third kappa shape index (κ3) is 4.94. The van der Waals surface area contributed by atoms with Crippen LogP contribution in [0, 0.1) is 5.82 Å². The Kier molecular flexibility index (Phi) is 7.10. The molecule has 0 aromatic heterocycles. The summed E-state index contributed by atoms with van der Waals surface area (Å²) in [6, 6.07) is 8.20. The van der Waals surface area contributed by atoms with Gasteiger partial charge in [-0.15, -0.1) is 11.8 Å². The minimum absolute atomic E-state index is 0.0456. The molecule has 1 aliphatic heterocycles. The molecular formula is C26H27FO5S. The Labute approximate surface area is 197 Å². The van der Waals surface area contributed by atoms with Crippen LogP contribution in [0.15, 0.2) is 35.9 Å². The van der Waals surface area contributed by atoms with E-state index in [1.54, 1.807) is 30.0 Å². The Balaban J connectivity index is 1.66. The van der Waals surface area contributed by atoms with E-state index in [-0.39, 0.29) is 22.8 Å². The number of methoxy groups -OCH3 is 2. The highest BCUT2D eigenvalue weighted by molar-refractivity contribution is 8.00. The summed E-state index contributed by atoms with van der Waals surface area (Å²) >= 11 is 1.68. The van der Waals surface area contributed by atoms with Crippen LogP contribution in [-0.4, -0.2) is 42.9 Å². The summed E-state index contributed by atoms with van der Waals surface area (Å²) in [6.45, 7) is 2.69. The summed E-state index contributed by atoms with van der Waals surface area (Å²) in [4.78, 5) is 12.5. The Morgan fingerprint density at radius 3 is 2.58 bits per heavy atom. The van der Waals surface area contributed by atoms with Crippen molar-refractivity contribution in [1.82, 2.24) is 0 Å². The number of aromatic hydroxyl groups is 1. The number of allylic oxidation sites excluding steroid dienone is 3. The molecule has 0 radical (unpaired) electrons. The van der Waals surface area contributed by atoms with Crippen LogP contribution in [0.25, 0.3) is 17.2 Å². The number of carbonyl (C=O) groups excluding carboxylic acids is 1. The molecule has 5 nitrogen and oxygen atoms in total. The Hall–Kier alpha value is -2.77. The molecule has 7 heteroatoms. The average molecular weight is 471 g/mol. The van der Waals surface area contributed by atoms with Gasteiger partial charge in [-0.2, -0.15) is 0 Å². The molecule has 0 spiro atoms. The van der Waals surface area contributed by atoms with E-state index in [0.29, 0.717) is 37.4 Å². The molecule has 2 aromatic carbocycles. The first kappa shape index (κ1) is 23.4. The quantitative estimate of drug-likeness (QED) is 0.534. The maximum absolute atomic E-state index is 14.1. The third-order valence-corrected chi connectivity index (χ3v) is 7.08. The van der Waals surface area contributed by atoms with Crippen LogP contribution in [0.2, 0.25) is 0 Å². The van der Waals surface area contributed by atoms with E-state index in [0.717, 1.165) is 39.2 Å². The van der Waals surface area contributed by atoms with Gasteiger partial charge in [-0.25, -0.2) is 4.39 Å². The number of halogens is 1. The molecule has 1 heterocycles. The molecule has 174 valence electrons. The summed E-state index contributed by atoms with van der Waals surface area (Å²) < 4.78 is 30.2. The van der Waals surface area contributed by atoms with Gasteiger partial charge in [0.2, 0.25) is 5.75 Å². The number of thioether (sulfide) groups is 1. The molecule has 2 aromatic rings. The minimum Gasteiger partial charge on any atom is -0.502 e. The number of Topliss-reactive ketones (excluding diaryl/α,β-unsaturated/α-hetero) is 1. The second-order valence-electron chi connectivity index (χ2n) is 8.04. The van der Waals surface area contributed by atoms with Gasteiger partial charge in [0.05, 0.1) is 20.8 Å². The number of hydrogen-bond donors (Lipinski definition) is 1. The van der Waals surface area contributed by atoms with Gasteiger partial charge in [0, 0.05) is 18.6 Å². The van der Waals surface area contributed by atoms with Gasteiger partial charge >= 0.3 is 0 Å². The molecular weight excluding hydrogens is 443 g/mol. The lowest BCUT2D eigenvalue weighted by Gasteiger charge is -2.11. The highest BCUT2D eigenvalue weighted by Crippen LogP contribution is 2.45. The number of ether oxygens (including phenoxy) is 3. The van der Waals surface area contributed by atoms with E-state index < -0.39 is 0 Å². The molecule has 1 fully saturated rings. The maximum Gasteiger partial charge on any atom is 0.200 e. The number of benzene rings is 2. The molecule has 1 aliphatic carbocycles. The van der Waals surface area contributed by atoms with Crippen molar-refractivity contribution in [2.75, 3.05) is 26.6 Å². The van der Waals surface area contributed by atoms with Crippen molar-refractivity contribution in [2.24, 2.45) is 0 Å². The van der Waals surface area contributed by atoms with Crippen molar-refractivity contribution in [3.05, 3.63) is 58.4 Å². The second kappa shape index (κ2) is 10.0. The summed E-state index contributed by atoms with van der Waals surface area (Å²) in [7, 11) is 2.96. The highest BCUT2D eigenvalue weighted by atomic mass is 32.2. The summed E-state index contributed by atoms with van der Waals surface area (Å²) in [5.41, 5.74) is 5.38. The Morgan fingerprint density at radius 1 is 1.21 bits per heavy atom. The van der Waals surface area contributed by atoms with Gasteiger partial charge in [-0.1, -0.05) is 6.07 Å². The number of phenolic OH excluding ortho intramolecular Hbond substituents is 1. The summed E-state index contributed by atoms with van der Waals surface area (Å²) in [6.07, 6.45) is 3.30. The van der Waals surface area contributed by atoms with Crippen LogP contribution < -0.4 is 9.47 Å². The predicted molar refractivity (Wildman–Crippen MR) is 129 cm³/mol. The highest BCUT2D eigenvalue weighted by Gasteiger charge is 2.26. The van der Waals surface area contributed by atoms with Crippen LogP contribution in [0.3, 0.4) is 0 Å². The van der Waals surface area contributed by atoms with E-state index in [1.165, 1.54) is 26.4 Å². The summed E-state index contributed by atoms with van der Waals surface area (Å²) in [5, 5.41) is 10.2. The van der Waals surface area contributed by atoms with Gasteiger partial charge in [-0.3, -0.25) is 4.79 Å². The van der Waals surface area contributed by atoms with E-state index in [1.807, 2.05) is 13.0 Å². The molecule has 0 amide bonds. The number of ketones is 1. The summed E-state index contributed by atoms with van der Waals surface area (Å²) in [5.74, 6) is 1.31. The number of carbonyl (C=O) groups is 1. The zero-order valence-corrected chi connectivity index (χ0v) is 19.8.